The SMILES string of the molecule is Cc1cc(S(=O)(=O)CCCOCCOCCNC(=O)C(F)(F)F)cc(C)c1O. The average molecular weight is 427 g/mol. The smallest absolute Gasteiger partial charge is 0.471 e. The zero-order valence-electron chi connectivity index (χ0n) is 15.6. The van der Waals surface area contributed by atoms with Crippen molar-refractivity contribution in [2.24, 2.45) is 0 Å². The number of carbonyl (C=O) groups excluding carboxylic acids is 1. The average Bonchev–Trinajstić information content (AvgIpc) is 2.59. The highest BCUT2D eigenvalue weighted by molar-refractivity contribution is 7.91. The quantitative estimate of drug-likeness (QED) is 0.523. The van der Waals surface area contributed by atoms with Crippen molar-refractivity contribution >= 4 is 15.7 Å². The van der Waals surface area contributed by atoms with Crippen molar-refractivity contribution in [2.75, 3.05) is 38.7 Å². The van der Waals surface area contributed by atoms with Crippen LogP contribution >= 0.6 is 0 Å². The van der Waals surface area contributed by atoms with Crippen LogP contribution in [0.25, 0.3) is 0 Å². The standard InChI is InChI=1S/C17H24F3NO6S/c1-12-10-14(11-13(2)15(12)22)28(24,25)9-3-5-26-7-8-27-6-4-21-16(23)17(18,19)20/h10-11,22H,3-9H2,1-2H3,(H,21,23). The highest BCUT2D eigenvalue weighted by Crippen LogP contribution is 2.26. The van der Waals surface area contributed by atoms with E-state index in [-0.39, 0.29) is 55.8 Å². The van der Waals surface area contributed by atoms with Gasteiger partial charge in [-0.1, -0.05) is 0 Å². The number of phenols is 1. The van der Waals surface area contributed by atoms with Crippen LogP contribution in [0.2, 0.25) is 0 Å². The number of ether oxygens (including phenoxy) is 2. The first-order valence-corrected chi connectivity index (χ1v) is 10.1. The summed E-state index contributed by atoms with van der Waals surface area (Å²) in [4.78, 5) is 10.7. The summed E-state index contributed by atoms with van der Waals surface area (Å²) < 4.78 is 70.6. The number of carbonyl (C=O) groups is 1. The lowest BCUT2D eigenvalue weighted by Gasteiger charge is -2.10. The Morgan fingerprint density at radius 1 is 1.07 bits per heavy atom. The van der Waals surface area contributed by atoms with Crippen molar-refractivity contribution in [3.05, 3.63) is 23.3 Å². The molecule has 0 aliphatic rings. The predicted molar refractivity (Wildman–Crippen MR) is 95.0 cm³/mol. The maximum Gasteiger partial charge on any atom is 0.471 e. The van der Waals surface area contributed by atoms with E-state index >= 15 is 0 Å². The Morgan fingerprint density at radius 2 is 1.61 bits per heavy atom. The molecule has 7 nitrogen and oxygen atoms in total. The lowest BCUT2D eigenvalue weighted by Crippen LogP contribution is -2.38. The summed E-state index contributed by atoms with van der Waals surface area (Å²) in [5.74, 6) is -2.08. The Labute approximate surface area is 161 Å². The number of alkyl halides is 3. The molecule has 2 N–H and O–H groups in total. The minimum absolute atomic E-state index is 0.0697. The van der Waals surface area contributed by atoms with Gasteiger partial charge in [-0.25, -0.2) is 8.42 Å². The Balaban J connectivity index is 2.18. The van der Waals surface area contributed by atoms with Gasteiger partial charge in [-0.2, -0.15) is 13.2 Å². The molecule has 0 saturated heterocycles. The number of halogens is 3. The lowest BCUT2D eigenvalue weighted by atomic mass is 10.1. The van der Waals surface area contributed by atoms with Gasteiger partial charge in [0.15, 0.2) is 9.84 Å². The van der Waals surface area contributed by atoms with Crippen LogP contribution in [0, 0.1) is 13.8 Å². The molecule has 1 aromatic carbocycles. The second-order valence-corrected chi connectivity index (χ2v) is 8.17. The summed E-state index contributed by atoms with van der Waals surface area (Å²) in [6, 6.07) is 2.84. The molecule has 1 rings (SSSR count). The molecule has 0 aromatic heterocycles. The van der Waals surface area contributed by atoms with E-state index in [1.54, 1.807) is 19.2 Å². The van der Waals surface area contributed by atoms with Gasteiger partial charge in [-0.3, -0.25) is 4.79 Å². The first-order chi connectivity index (χ1) is 12.9. The van der Waals surface area contributed by atoms with E-state index in [4.69, 9.17) is 9.47 Å². The van der Waals surface area contributed by atoms with Gasteiger partial charge in [0.05, 0.1) is 30.5 Å². The molecule has 11 heteroatoms. The second kappa shape index (κ2) is 10.6. The second-order valence-electron chi connectivity index (χ2n) is 6.06. The number of hydrogen-bond acceptors (Lipinski definition) is 6. The van der Waals surface area contributed by atoms with Gasteiger partial charge in [0.2, 0.25) is 0 Å². The number of phenolic OH excluding ortho intramolecular Hbond substituents is 1. The van der Waals surface area contributed by atoms with Crippen LogP contribution in [-0.2, 0) is 24.1 Å². The molecular weight excluding hydrogens is 403 g/mol. The van der Waals surface area contributed by atoms with Crippen molar-refractivity contribution in [3.63, 3.8) is 0 Å². The molecule has 28 heavy (non-hydrogen) atoms. The summed E-state index contributed by atoms with van der Waals surface area (Å²) in [6.45, 7) is 3.29. The van der Waals surface area contributed by atoms with Crippen LogP contribution in [0.1, 0.15) is 17.5 Å². The van der Waals surface area contributed by atoms with E-state index in [9.17, 15) is 31.5 Å². The number of benzene rings is 1. The van der Waals surface area contributed by atoms with E-state index in [0.717, 1.165) is 0 Å². The zero-order chi connectivity index (χ0) is 21.4. The van der Waals surface area contributed by atoms with Crippen LogP contribution in [0.5, 0.6) is 5.75 Å². The lowest BCUT2D eigenvalue weighted by molar-refractivity contribution is -0.173. The number of aryl methyl sites for hydroxylation is 2. The highest BCUT2D eigenvalue weighted by Gasteiger charge is 2.38. The van der Waals surface area contributed by atoms with E-state index in [0.29, 0.717) is 11.1 Å². The molecule has 0 radical (unpaired) electrons. The molecule has 160 valence electrons. The molecule has 0 fully saturated rings. The fourth-order valence-corrected chi connectivity index (χ4v) is 3.67. The first-order valence-electron chi connectivity index (χ1n) is 8.48. The van der Waals surface area contributed by atoms with Crippen LogP contribution < -0.4 is 5.32 Å². The highest BCUT2D eigenvalue weighted by atomic mass is 32.2. The minimum Gasteiger partial charge on any atom is -0.507 e. The Bertz CT molecular complexity index is 742. The van der Waals surface area contributed by atoms with Crippen molar-refractivity contribution in [2.45, 2.75) is 31.3 Å². The van der Waals surface area contributed by atoms with Crippen molar-refractivity contribution < 1.29 is 41.0 Å². The molecule has 0 unspecified atom stereocenters. The Kier molecular flexibility index (Phi) is 9.18. The van der Waals surface area contributed by atoms with Crippen molar-refractivity contribution in [1.29, 1.82) is 0 Å². The fraction of sp³-hybridized carbons (Fsp3) is 0.588. The number of amides is 1. The third kappa shape index (κ3) is 8.03. The number of nitrogens with one attached hydrogen (secondary N) is 1. The Morgan fingerprint density at radius 3 is 2.14 bits per heavy atom. The summed E-state index contributed by atoms with van der Waals surface area (Å²) in [7, 11) is -3.50. The number of rotatable bonds is 11. The summed E-state index contributed by atoms with van der Waals surface area (Å²) >= 11 is 0. The third-order valence-electron chi connectivity index (χ3n) is 3.69. The number of sulfone groups is 1. The normalized spacial score (nSPS) is 12.2. The van der Waals surface area contributed by atoms with Crippen molar-refractivity contribution in [1.82, 2.24) is 5.32 Å². The van der Waals surface area contributed by atoms with E-state index < -0.39 is 21.9 Å². The fourth-order valence-electron chi connectivity index (χ4n) is 2.22. The van der Waals surface area contributed by atoms with E-state index in [1.807, 2.05) is 0 Å². The van der Waals surface area contributed by atoms with Crippen LogP contribution in [0.15, 0.2) is 17.0 Å². The Hall–Kier alpha value is -1.85. The molecule has 0 heterocycles. The largest absolute Gasteiger partial charge is 0.507 e. The summed E-state index contributed by atoms with van der Waals surface area (Å²) in [5.41, 5.74) is 0.969. The van der Waals surface area contributed by atoms with Gasteiger partial charge >= 0.3 is 12.1 Å². The molecule has 0 aliphatic heterocycles. The van der Waals surface area contributed by atoms with E-state index in [1.165, 1.54) is 12.1 Å². The van der Waals surface area contributed by atoms with E-state index in [2.05, 4.69) is 0 Å². The van der Waals surface area contributed by atoms with Gasteiger partial charge in [0.25, 0.3) is 0 Å². The zero-order valence-corrected chi connectivity index (χ0v) is 16.5. The minimum atomic E-state index is -4.92. The summed E-state index contributed by atoms with van der Waals surface area (Å²) in [5, 5.41) is 11.4. The molecule has 0 aliphatic carbocycles. The topological polar surface area (TPSA) is 102 Å². The first kappa shape index (κ1) is 24.2. The molecule has 0 saturated carbocycles. The van der Waals surface area contributed by atoms with Gasteiger partial charge < -0.3 is 19.9 Å². The maximum absolute atomic E-state index is 12.3. The monoisotopic (exact) mass is 427 g/mol. The van der Waals surface area contributed by atoms with Gasteiger partial charge in [0.1, 0.15) is 5.75 Å². The molecule has 0 atom stereocenters. The molecular formula is C17H24F3NO6S. The van der Waals surface area contributed by atoms with Crippen LogP contribution in [0.4, 0.5) is 13.2 Å². The third-order valence-corrected chi connectivity index (χ3v) is 5.47. The number of aromatic hydroxyl groups is 1. The molecule has 0 bridgehead atoms. The molecule has 1 aromatic rings. The van der Waals surface area contributed by atoms with Gasteiger partial charge in [-0.15, -0.1) is 0 Å². The van der Waals surface area contributed by atoms with Crippen molar-refractivity contribution in [3.8, 4) is 5.75 Å². The molecule has 0 spiro atoms. The molecule has 1 amide bonds. The van der Waals surface area contributed by atoms with Gasteiger partial charge in [-0.05, 0) is 43.5 Å². The predicted octanol–water partition coefficient (Wildman–Crippen LogP) is 1.88. The van der Waals surface area contributed by atoms with Crippen LogP contribution in [-0.4, -0.2) is 64.3 Å². The maximum atomic E-state index is 12.3. The van der Waals surface area contributed by atoms with Crippen LogP contribution in [0.3, 0.4) is 0 Å². The van der Waals surface area contributed by atoms with Gasteiger partial charge in [0, 0.05) is 13.2 Å². The number of hydrogen-bond donors (Lipinski definition) is 2. The summed E-state index contributed by atoms with van der Waals surface area (Å²) in [6.07, 6.45) is -4.66.